The summed E-state index contributed by atoms with van der Waals surface area (Å²) in [6.07, 6.45) is 5.92. The molecule has 1 amide bonds. The molecule has 13 heavy (non-hydrogen) atoms. The molecule has 0 spiro atoms. The van der Waals surface area contributed by atoms with E-state index in [2.05, 4.69) is 12.2 Å². The van der Waals surface area contributed by atoms with Gasteiger partial charge < -0.3 is 10.4 Å². The van der Waals surface area contributed by atoms with Gasteiger partial charge in [0, 0.05) is 6.42 Å². The van der Waals surface area contributed by atoms with Gasteiger partial charge in [0.05, 0.1) is 0 Å². The lowest BCUT2D eigenvalue weighted by molar-refractivity contribution is -0.137. The van der Waals surface area contributed by atoms with Gasteiger partial charge in [0.15, 0.2) is 0 Å². The van der Waals surface area contributed by atoms with Crippen LogP contribution in [0.25, 0.3) is 0 Å². The summed E-state index contributed by atoms with van der Waals surface area (Å²) in [7, 11) is 0. The third-order valence-corrected chi connectivity index (χ3v) is 1.36. The van der Waals surface area contributed by atoms with E-state index in [1.807, 2.05) is 6.08 Å². The molecule has 0 aliphatic heterocycles. The highest BCUT2D eigenvalue weighted by Crippen LogP contribution is 1.90. The number of unbranched alkanes of at least 4 members (excludes halogenated alkanes) is 1. The monoisotopic (exact) mass is 185 g/mol. The van der Waals surface area contributed by atoms with Crippen molar-refractivity contribution in [2.45, 2.75) is 26.2 Å². The van der Waals surface area contributed by atoms with E-state index in [9.17, 15) is 9.59 Å². The van der Waals surface area contributed by atoms with Crippen molar-refractivity contribution >= 4 is 11.9 Å². The molecule has 0 rings (SSSR count). The van der Waals surface area contributed by atoms with E-state index in [0.717, 1.165) is 12.8 Å². The van der Waals surface area contributed by atoms with Gasteiger partial charge in [-0.1, -0.05) is 25.5 Å². The molecule has 0 radical (unpaired) electrons. The molecule has 2 N–H and O–H groups in total. The minimum Gasteiger partial charge on any atom is -0.480 e. The number of carboxylic acid groups (broad SMARTS) is 1. The highest BCUT2D eigenvalue weighted by Gasteiger charge is 2.00. The smallest absolute Gasteiger partial charge is 0.322 e. The molecule has 0 bridgehead atoms. The maximum atomic E-state index is 10.9. The van der Waals surface area contributed by atoms with Gasteiger partial charge in [0.2, 0.25) is 5.91 Å². The minimum atomic E-state index is -1.02. The summed E-state index contributed by atoms with van der Waals surface area (Å²) in [6.45, 7) is 1.75. The zero-order chi connectivity index (χ0) is 10.1. The maximum Gasteiger partial charge on any atom is 0.322 e. The fourth-order valence-electron chi connectivity index (χ4n) is 0.721. The first-order valence-electron chi connectivity index (χ1n) is 4.30. The number of carbonyl (C=O) groups is 2. The number of nitrogens with one attached hydrogen (secondary N) is 1. The van der Waals surface area contributed by atoms with Crippen molar-refractivity contribution in [2.24, 2.45) is 0 Å². The van der Waals surface area contributed by atoms with Crippen LogP contribution in [0.2, 0.25) is 0 Å². The number of carbonyl (C=O) groups excluding carboxylic acids is 1. The van der Waals surface area contributed by atoms with Crippen LogP contribution < -0.4 is 5.32 Å². The minimum absolute atomic E-state index is 0.255. The lowest BCUT2D eigenvalue weighted by Crippen LogP contribution is -2.28. The fourth-order valence-corrected chi connectivity index (χ4v) is 0.721. The Balaban J connectivity index is 3.45. The second-order valence-corrected chi connectivity index (χ2v) is 2.63. The lowest BCUT2D eigenvalue weighted by Gasteiger charge is -1.97. The first-order chi connectivity index (χ1) is 6.16. The van der Waals surface area contributed by atoms with E-state index in [-0.39, 0.29) is 18.9 Å². The summed E-state index contributed by atoms with van der Waals surface area (Å²) >= 11 is 0. The van der Waals surface area contributed by atoms with E-state index in [0.29, 0.717) is 0 Å². The SMILES string of the molecule is CCC/C=C/CC(=O)NCC(=O)O. The summed E-state index contributed by atoms with van der Waals surface area (Å²) in [5.41, 5.74) is 0. The number of allylic oxidation sites excluding steroid dienone is 1. The molecular weight excluding hydrogens is 170 g/mol. The predicted octanol–water partition coefficient (Wildman–Crippen LogP) is 0.934. The Hall–Kier alpha value is -1.32. The molecule has 0 heterocycles. The van der Waals surface area contributed by atoms with Gasteiger partial charge in [-0.2, -0.15) is 0 Å². The average molecular weight is 185 g/mol. The van der Waals surface area contributed by atoms with Crippen molar-refractivity contribution < 1.29 is 14.7 Å². The average Bonchev–Trinajstić information content (AvgIpc) is 2.09. The lowest BCUT2D eigenvalue weighted by atomic mass is 10.3. The van der Waals surface area contributed by atoms with Crippen LogP contribution in [-0.4, -0.2) is 23.5 Å². The normalized spacial score (nSPS) is 10.2. The summed E-state index contributed by atoms with van der Waals surface area (Å²) in [6, 6.07) is 0. The van der Waals surface area contributed by atoms with Crippen LogP contribution in [0.5, 0.6) is 0 Å². The molecule has 0 aliphatic carbocycles. The molecule has 0 saturated carbocycles. The van der Waals surface area contributed by atoms with Crippen molar-refractivity contribution in [3.8, 4) is 0 Å². The fraction of sp³-hybridized carbons (Fsp3) is 0.556. The van der Waals surface area contributed by atoms with Crippen molar-refractivity contribution in [1.29, 1.82) is 0 Å². The Morgan fingerprint density at radius 1 is 1.38 bits per heavy atom. The van der Waals surface area contributed by atoms with Gasteiger partial charge in [-0.05, 0) is 6.42 Å². The first kappa shape index (κ1) is 11.7. The summed E-state index contributed by atoms with van der Waals surface area (Å²) in [4.78, 5) is 20.9. The Kier molecular flexibility index (Phi) is 6.59. The van der Waals surface area contributed by atoms with E-state index >= 15 is 0 Å². The molecule has 0 aromatic carbocycles. The van der Waals surface area contributed by atoms with Crippen LogP contribution >= 0.6 is 0 Å². The van der Waals surface area contributed by atoms with Crippen molar-refractivity contribution in [3.63, 3.8) is 0 Å². The molecule has 0 aromatic rings. The topological polar surface area (TPSA) is 66.4 Å². The standard InChI is InChI=1S/C9H15NO3/c1-2-3-4-5-6-8(11)10-7-9(12)13/h4-5H,2-3,6-7H2,1H3,(H,10,11)(H,12,13)/b5-4+. The van der Waals surface area contributed by atoms with Crippen LogP contribution in [-0.2, 0) is 9.59 Å². The maximum absolute atomic E-state index is 10.9. The number of rotatable bonds is 6. The zero-order valence-electron chi connectivity index (χ0n) is 7.75. The predicted molar refractivity (Wildman–Crippen MR) is 49.3 cm³/mol. The quantitative estimate of drug-likeness (QED) is 0.605. The van der Waals surface area contributed by atoms with Gasteiger partial charge in [0.1, 0.15) is 6.54 Å². The van der Waals surface area contributed by atoms with Gasteiger partial charge in [-0.3, -0.25) is 9.59 Å². The highest BCUT2D eigenvalue weighted by atomic mass is 16.4. The number of amides is 1. The number of aliphatic carboxylic acids is 1. The third-order valence-electron chi connectivity index (χ3n) is 1.36. The zero-order valence-corrected chi connectivity index (χ0v) is 7.75. The highest BCUT2D eigenvalue weighted by molar-refractivity contribution is 5.81. The molecule has 4 heteroatoms. The number of hydrogen-bond acceptors (Lipinski definition) is 2. The Labute approximate surface area is 77.6 Å². The van der Waals surface area contributed by atoms with Crippen LogP contribution in [0, 0.1) is 0 Å². The largest absolute Gasteiger partial charge is 0.480 e. The molecule has 74 valence electrons. The summed E-state index contributed by atoms with van der Waals surface area (Å²) in [5.74, 6) is -1.28. The molecule has 0 aromatic heterocycles. The molecule has 0 atom stereocenters. The second kappa shape index (κ2) is 7.34. The van der Waals surface area contributed by atoms with E-state index in [4.69, 9.17) is 5.11 Å². The Bertz CT molecular complexity index is 199. The summed E-state index contributed by atoms with van der Waals surface area (Å²) in [5, 5.41) is 10.5. The van der Waals surface area contributed by atoms with Gasteiger partial charge in [0.25, 0.3) is 0 Å². The van der Waals surface area contributed by atoms with Crippen molar-refractivity contribution in [2.75, 3.05) is 6.54 Å². The first-order valence-corrected chi connectivity index (χ1v) is 4.30. The van der Waals surface area contributed by atoms with E-state index in [1.165, 1.54) is 0 Å². The third kappa shape index (κ3) is 8.59. The second-order valence-electron chi connectivity index (χ2n) is 2.63. The van der Waals surface area contributed by atoms with Crippen molar-refractivity contribution in [1.82, 2.24) is 5.32 Å². The van der Waals surface area contributed by atoms with Crippen LogP contribution in [0.1, 0.15) is 26.2 Å². The molecule has 0 unspecified atom stereocenters. The van der Waals surface area contributed by atoms with Crippen molar-refractivity contribution in [3.05, 3.63) is 12.2 Å². The van der Waals surface area contributed by atoms with Gasteiger partial charge >= 0.3 is 5.97 Å². The molecule has 0 saturated heterocycles. The van der Waals surface area contributed by atoms with Gasteiger partial charge in [-0.15, -0.1) is 0 Å². The van der Waals surface area contributed by atoms with Crippen LogP contribution in [0.4, 0.5) is 0 Å². The van der Waals surface area contributed by atoms with Gasteiger partial charge in [-0.25, -0.2) is 0 Å². The molecule has 0 fully saturated rings. The van der Waals surface area contributed by atoms with Crippen LogP contribution in [0.15, 0.2) is 12.2 Å². The molecule has 0 aliphatic rings. The van der Waals surface area contributed by atoms with E-state index < -0.39 is 5.97 Å². The van der Waals surface area contributed by atoms with Crippen LogP contribution in [0.3, 0.4) is 0 Å². The summed E-state index contributed by atoms with van der Waals surface area (Å²) < 4.78 is 0. The Morgan fingerprint density at radius 2 is 2.08 bits per heavy atom. The Morgan fingerprint density at radius 3 is 2.62 bits per heavy atom. The number of hydrogen-bond donors (Lipinski definition) is 2. The molecule has 4 nitrogen and oxygen atoms in total. The molecular formula is C9H15NO3. The number of carboxylic acids is 1. The van der Waals surface area contributed by atoms with E-state index in [1.54, 1.807) is 6.08 Å².